The number of aliphatic carboxylic acids is 1. The Morgan fingerprint density at radius 3 is 2.62 bits per heavy atom. The van der Waals surface area contributed by atoms with Crippen molar-refractivity contribution in [1.82, 2.24) is 4.90 Å². The summed E-state index contributed by atoms with van der Waals surface area (Å²) in [7, 11) is 0. The van der Waals surface area contributed by atoms with E-state index in [1.165, 1.54) is 12.1 Å². The topological polar surface area (TPSA) is 76.1 Å². The van der Waals surface area contributed by atoms with Gasteiger partial charge in [-0.2, -0.15) is 0 Å². The van der Waals surface area contributed by atoms with Crippen molar-refractivity contribution in [3.63, 3.8) is 0 Å². The molecule has 0 aromatic heterocycles. The predicted octanol–water partition coefficient (Wildman–Crippen LogP) is 3.55. The molecule has 0 spiro atoms. The third-order valence-electron chi connectivity index (χ3n) is 5.36. The maximum Gasteiger partial charge on any atom is 0.329 e. The maximum atomic E-state index is 14.9. The number of carbonyl (C=O) groups excluding carboxylic acids is 1. The summed E-state index contributed by atoms with van der Waals surface area (Å²) < 4.78 is 26.0. The number of amides is 1. The van der Waals surface area contributed by atoms with Gasteiger partial charge < -0.3 is 14.6 Å². The third kappa shape index (κ3) is 3.96. The van der Waals surface area contributed by atoms with E-state index in [1.807, 2.05) is 30.3 Å². The molecule has 29 heavy (non-hydrogen) atoms. The molecule has 0 unspecified atom stereocenters. The van der Waals surface area contributed by atoms with Gasteiger partial charge in [0.1, 0.15) is 24.9 Å². The summed E-state index contributed by atoms with van der Waals surface area (Å²) in [6.45, 7) is 1.70. The van der Waals surface area contributed by atoms with Crippen LogP contribution in [-0.2, 0) is 16.1 Å². The van der Waals surface area contributed by atoms with Gasteiger partial charge in [0.2, 0.25) is 0 Å². The highest BCUT2D eigenvalue weighted by molar-refractivity contribution is 5.97. The van der Waals surface area contributed by atoms with Gasteiger partial charge in [-0.25, -0.2) is 9.18 Å². The predicted molar refractivity (Wildman–Crippen MR) is 102 cm³/mol. The summed E-state index contributed by atoms with van der Waals surface area (Å²) in [5, 5.41) is 9.41. The Bertz CT molecular complexity index is 928. The molecular formula is C22H22FNO5. The van der Waals surface area contributed by atoms with Crippen LogP contribution in [0.3, 0.4) is 0 Å². The molecule has 1 N–H and O–H groups in total. The molecular weight excluding hydrogens is 377 g/mol. The Morgan fingerprint density at radius 2 is 1.97 bits per heavy atom. The Hall–Kier alpha value is -2.93. The zero-order valence-electron chi connectivity index (χ0n) is 16.0. The first-order chi connectivity index (χ1) is 14.0. The van der Waals surface area contributed by atoms with Gasteiger partial charge in [0.15, 0.2) is 6.04 Å². The molecule has 2 aromatic carbocycles. The third-order valence-corrected chi connectivity index (χ3v) is 5.36. The van der Waals surface area contributed by atoms with Crippen molar-refractivity contribution in [3.8, 4) is 5.75 Å². The number of carboxylic acid groups (broad SMARTS) is 1. The van der Waals surface area contributed by atoms with Crippen molar-refractivity contribution >= 4 is 11.9 Å². The van der Waals surface area contributed by atoms with Crippen LogP contribution in [0.2, 0.25) is 0 Å². The van der Waals surface area contributed by atoms with Crippen molar-refractivity contribution in [2.24, 2.45) is 0 Å². The average molecular weight is 399 g/mol. The summed E-state index contributed by atoms with van der Waals surface area (Å²) in [6, 6.07) is 11.2. The molecule has 1 saturated heterocycles. The molecule has 1 heterocycles. The van der Waals surface area contributed by atoms with Crippen LogP contribution in [0.5, 0.6) is 5.75 Å². The molecule has 1 saturated carbocycles. The number of hydrogen-bond donors (Lipinski definition) is 1. The lowest BCUT2D eigenvalue weighted by atomic mass is 10.0. The van der Waals surface area contributed by atoms with Gasteiger partial charge in [-0.15, -0.1) is 0 Å². The Kier molecular flexibility index (Phi) is 5.24. The van der Waals surface area contributed by atoms with E-state index in [0.29, 0.717) is 12.4 Å². The van der Waals surface area contributed by atoms with E-state index in [1.54, 1.807) is 6.92 Å². The molecule has 2 aromatic rings. The molecule has 1 amide bonds. The number of carbonyl (C=O) groups is 2. The van der Waals surface area contributed by atoms with Crippen LogP contribution < -0.4 is 4.74 Å². The zero-order chi connectivity index (χ0) is 20.5. The van der Waals surface area contributed by atoms with Gasteiger partial charge >= 0.3 is 5.97 Å². The minimum Gasteiger partial charge on any atom is -0.489 e. The van der Waals surface area contributed by atoms with E-state index in [2.05, 4.69) is 0 Å². The number of nitrogens with zero attached hydrogens (tertiary/aromatic N) is 1. The average Bonchev–Trinajstić information content (AvgIpc) is 3.47. The van der Waals surface area contributed by atoms with Crippen LogP contribution >= 0.6 is 0 Å². The van der Waals surface area contributed by atoms with E-state index in [-0.39, 0.29) is 18.2 Å². The standard InChI is InChI=1S/C22H22FNO5/c1-13-20(22(26)27)24(12-29-13)21(25)17-9-16(15-7-8-15)19(10-18(17)23)28-11-14-5-3-2-4-6-14/h2-6,9-10,13,15,20H,7-8,11-12H2,1H3,(H,26,27)/t13-,20+/m1/s1. The van der Waals surface area contributed by atoms with E-state index in [9.17, 15) is 19.1 Å². The van der Waals surface area contributed by atoms with Crippen LogP contribution in [-0.4, -0.2) is 40.8 Å². The molecule has 4 rings (SSSR count). The summed E-state index contributed by atoms with van der Waals surface area (Å²) in [5.41, 5.74) is 1.59. The lowest BCUT2D eigenvalue weighted by Crippen LogP contribution is -2.44. The molecule has 2 atom stereocenters. The van der Waals surface area contributed by atoms with E-state index >= 15 is 0 Å². The van der Waals surface area contributed by atoms with Crippen molar-refractivity contribution in [1.29, 1.82) is 0 Å². The lowest BCUT2D eigenvalue weighted by Gasteiger charge is -2.22. The van der Waals surface area contributed by atoms with Gasteiger partial charge in [-0.1, -0.05) is 30.3 Å². The number of carboxylic acids is 1. The van der Waals surface area contributed by atoms with E-state index in [4.69, 9.17) is 9.47 Å². The number of hydrogen-bond acceptors (Lipinski definition) is 4. The quantitative estimate of drug-likeness (QED) is 0.804. The fraction of sp³-hybridized carbons (Fsp3) is 0.364. The number of rotatable bonds is 6. The van der Waals surface area contributed by atoms with Gasteiger partial charge in [-0.3, -0.25) is 9.69 Å². The van der Waals surface area contributed by atoms with Gasteiger partial charge in [0.25, 0.3) is 5.91 Å². The molecule has 152 valence electrons. The molecule has 1 aliphatic carbocycles. The van der Waals surface area contributed by atoms with E-state index < -0.39 is 29.8 Å². The zero-order valence-corrected chi connectivity index (χ0v) is 16.0. The Labute approximate surface area is 167 Å². The Balaban J connectivity index is 1.61. The first-order valence-corrected chi connectivity index (χ1v) is 9.61. The monoisotopic (exact) mass is 399 g/mol. The van der Waals surface area contributed by atoms with Gasteiger partial charge in [-0.05, 0) is 42.9 Å². The summed E-state index contributed by atoms with van der Waals surface area (Å²) in [6.07, 6.45) is 1.24. The largest absolute Gasteiger partial charge is 0.489 e. The molecule has 1 aliphatic heterocycles. The second-order valence-corrected chi connectivity index (χ2v) is 7.48. The van der Waals surface area contributed by atoms with Crippen LogP contribution in [0.25, 0.3) is 0 Å². The van der Waals surface area contributed by atoms with Crippen molar-refractivity contribution in [2.45, 2.75) is 44.4 Å². The lowest BCUT2D eigenvalue weighted by molar-refractivity contribution is -0.142. The summed E-state index contributed by atoms with van der Waals surface area (Å²) in [5.74, 6) is -1.95. The molecule has 0 bridgehead atoms. The van der Waals surface area contributed by atoms with Gasteiger partial charge in [0, 0.05) is 6.07 Å². The number of ether oxygens (including phenoxy) is 2. The maximum absolute atomic E-state index is 14.9. The van der Waals surface area contributed by atoms with Crippen LogP contribution in [0, 0.1) is 5.82 Å². The molecule has 2 aliphatic rings. The molecule has 7 heteroatoms. The fourth-order valence-corrected chi connectivity index (χ4v) is 3.61. The smallest absolute Gasteiger partial charge is 0.329 e. The minimum absolute atomic E-state index is 0.150. The van der Waals surface area contributed by atoms with Crippen molar-refractivity contribution < 1.29 is 28.6 Å². The fourth-order valence-electron chi connectivity index (χ4n) is 3.61. The SMILES string of the molecule is C[C@H]1OCN(C(=O)c2cc(C3CC3)c(OCc3ccccc3)cc2F)[C@@H]1C(=O)O. The highest BCUT2D eigenvalue weighted by atomic mass is 19.1. The molecule has 6 nitrogen and oxygen atoms in total. The summed E-state index contributed by atoms with van der Waals surface area (Å²) in [4.78, 5) is 25.5. The number of benzene rings is 2. The van der Waals surface area contributed by atoms with E-state index in [0.717, 1.165) is 28.9 Å². The normalized spacial score (nSPS) is 21.2. The highest BCUT2D eigenvalue weighted by Crippen LogP contribution is 2.45. The molecule has 0 radical (unpaired) electrons. The van der Waals surface area contributed by atoms with Crippen LogP contribution in [0.1, 0.15) is 47.2 Å². The van der Waals surface area contributed by atoms with Gasteiger partial charge in [0.05, 0.1) is 11.7 Å². The highest BCUT2D eigenvalue weighted by Gasteiger charge is 2.42. The first kappa shape index (κ1) is 19.4. The second-order valence-electron chi connectivity index (χ2n) is 7.48. The van der Waals surface area contributed by atoms with Crippen molar-refractivity contribution in [3.05, 3.63) is 65.0 Å². The molecule has 2 fully saturated rings. The second kappa shape index (κ2) is 7.83. The minimum atomic E-state index is -1.17. The number of halogens is 1. The Morgan fingerprint density at radius 1 is 1.24 bits per heavy atom. The van der Waals surface area contributed by atoms with Crippen LogP contribution in [0.15, 0.2) is 42.5 Å². The first-order valence-electron chi connectivity index (χ1n) is 9.61. The van der Waals surface area contributed by atoms with Crippen molar-refractivity contribution in [2.75, 3.05) is 6.73 Å². The van der Waals surface area contributed by atoms with Crippen LogP contribution in [0.4, 0.5) is 4.39 Å². The summed E-state index contributed by atoms with van der Waals surface area (Å²) >= 11 is 0.